The highest BCUT2D eigenvalue weighted by Gasteiger charge is 2.21. The van der Waals surface area contributed by atoms with Crippen LogP contribution >= 0.6 is 11.3 Å². The number of benzene rings is 2. The van der Waals surface area contributed by atoms with E-state index in [0.717, 1.165) is 38.3 Å². The van der Waals surface area contributed by atoms with E-state index in [-0.39, 0.29) is 0 Å². The summed E-state index contributed by atoms with van der Waals surface area (Å²) in [7, 11) is 0. The van der Waals surface area contributed by atoms with Crippen molar-refractivity contribution >= 4 is 38.0 Å². The first kappa shape index (κ1) is 16.7. The first-order valence-electron chi connectivity index (χ1n) is 9.65. The second-order valence-electron chi connectivity index (χ2n) is 7.30. The van der Waals surface area contributed by atoms with Gasteiger partial charge in [-0.2, -0.15) is 0 Å². The van der Waals surface area contributed by atoms with Crippen LogP contribution in [0.5, 0.6) is 0 Å². The molecule has 1 saturated heterocycles. The molecular formula is C23H23N3S. The summed E-state index contributed by atoms with van der Waals surface area (Å²) < 4.78 is 1.32. The number of rotatable bonds is 4. The fourth-order valence-electron chi connectivity index (χ4n) is 4.01. The molecule has 2 aromatic heterocycles. The number of nitrogens with one attached hydrogen (secondary N) is 1. The fourth-order valence-corrected chi connectivity index (χ4v) is 4.92. The van der Waals surface area contributed by atoms with Crippen LogP contribution in [-0.2, 0) is 6.54 Å². The lowest BCUT2D eigenvalue weighted by Crippen LogP contribution is -2.42. The Balaban J connectivity index is 1.21. The summed E-state index contributed by atoms with van der Waals surface area (Å²) in [4.78, 5) is 7.12. The maximum atomic E-state index is 4.67. The second kappa shape index (κ2) is 7.29. The van der Waals surface area contributed by atoms with Crippen molar-refractivity contribution in [1.29, 1.82) is 0 Å². The lowest BCUT2D eigenvalue weighted by Gasteiger charge is -2.33. The molecule has 1 N–H and O–H groups in total. The number of hydrogen-bond acceptors (Lipinski definition) is 4. The number of piperidine rings is 1. The van der Waals surface area contributed by atoms with Crippen molar-refractivity contribution in [3.05, 3.63) is 71.7 Å². The standard InChI is InChI=1S/C23H23N3S/c1-2-4-20-15-17(5-6-18(20)3-1)16-25-21-8-12-26(13-9-21)23-22-19(7-11-24-23)10-14-27-22/h1-7,10-11,14-15,21,25H,8-9,12-13,16H2. The van der Waals surface area contributed by atoms with Crippen molar-refractivity contribution in [2.75, 3.05) is 18.0 Å². The van der Waals surface area contributed by atoms with E-state index in [2.05, 4.69) is 75.2 Å². The van der Waals surface area contributed by atoms with Crippen LogP contribution < -0.4 is 10.2 Å². The lowest BCUT2D eigenvalue weighted by atomic mass is 10.0. The van der Waals surface area contributed by atoms with Crippen LogP contribution in [0.2, 0.25) is 0 Å². The molecular weight excluding hydrogens is 350 g/mol. The number of aromatic nitrogens is 1. The molecule has 0 aliphatic carbocycles. The number of pyridine rings is 1. The summed E-state index contributed by atoms with van der Waals surface area (Å²) in [5, 5.41) is 9.86. The van der Waals surface area contributed by atoms with Crippen LogP contribution in [-0.4, -0.2) is 24.1 Å². The van der Waals surface area contributed by atoms with Crippen LogP contribution in [0.1, 0.15) is 18.4 Å². The first-order valence-corrected chi connectivity index (χ1v) is 10.5. The summed E-state index contributed by atoms with van der Waals surface area (Å²) in [6.45, 7) is 3.08. The number of fused-ring (bicyclic) bond motifs is 2. The van der Waals surface area contributed by atoms with Crippen LogP contribution in [0.3, 0.4) is 0 Å². The summed E-state index contributed by atoms with van der Waals surface area (Å²) in [5.74, 6) is 1.16. The summed E-state index contributed by atoms with van der Waals surface area (Å²) >= 11 is 1.80. The van der Waals surface area contributed by atoms with Gasteiger partial charge in [0.15, 0.2) is 0 Å². The fraction of sp³-hybridized carbons (Fsp3) is 0.261. The summed E-state index contributed by atoms with van der Waals surface area (Å²) in [5.41, 5.74) is 1.36. The summed E-state index contributed by atoms with van der Waals surface area (Å²) in [6.07, 6.45) is 4.27. The van der Waals surface area contributed by atoms with Gasteiger partial charge in [-0.15, -0.1) is 11.3 Å². The van der Waals surface area contributed by atoms with Crippen molar-refractivity contribution in [3.63, 3.8) is 0 Å². The molecule has 0 radical (unpaired) electrons. The van der Waals surface area contributed by atoms with Crippen molar-refractivity contribution in [2.24, 2.45) is 0 Å². The van der Waals surface area contributed by atoms with E-state index in [0.29, 0.717) is 6.04 Å². The van der Waals surface area contributed by atoms with Gasteiger partial charge < -0.3 is 10.2 Å². The van der Waals surface area contributed by atoms with E-state index in [9.17, 15) is 0 Å². The zero-order chi connectivity index (χ0) is 18.1. The monoisotopic (exact) mass is 373 g/mol. The molecule has 1 aliphatic rings. The predicted octanol–water partition coefficient (Wildman–Crippen LogP) is 5.21. The zero-order valence-electron chi connectivity index (χ0n) is 15.3. The minimum atomic E-state index is 0.579. The highest BCUT2D eigenvalue weighted by atomic mass is 32.1. The Labute approximate surface area is 163 Å². The van der Waals surface area contributed by atoms with Gasteiger partial charge in [-0.1, -0.05) is 36.4 Å². The van der Waals surface area contributed by atoms with E-state index < -0.39 is 0 Å². The molecule has 0 amide bonds. The molecule has 0 unspecified atom stereocenters. The molecule has 0 saturated carbocycles. The molecule has 4 aromatic rings. The van der Waals surface area contributed by atoms with Gasteiger partial charge in [0.05, 0.1) is 4.70 Å². The molecule has 0 bridgehead atoms. The predicted molar refractivity (Wildman–Crippen MR) is 116 cm³/mol. The smallest absolute Gasteiger partial charge is 0.146 e. The molecule has 27 heavy (non-hydrogen) atoms. The largest absolute Gasteiger partial charge is 0.355 e. The third-order valence-electron chi connectivity index (χ3n) is 5.55. The molecule has 3 heterocycles. The molecule has 4 heteroatoms. The normalized spacial score (nSPS) is 15.6. The zero-order valence-corrected chi connectivity index (χ0v) is 16.1. The van der Waals surface area contributed by atoms with Gasteiger partial charge in [0, 0.05) is 31.9 Å². The maximum Gasteiger partial charge on any atom is 0.146 e. The van der Waals surface area contributed by atoms with Gasteiger partial charge >= 0.3 is 0 Å². The third kappa shape index (κ3) is 3.43. The van der Waals surface area contributed by atoms with Gasteiger partial charge in [-0.05, 0) is 58.1 Å². The van der Waals surface area contributed by atoms with Gasteiger partial charge in [-0.25, -0.2) is 4.98 Å². The van der Waals surface area contributed by atoms with Crippen LogP contribution in [0.4, 0.5) is 5.82 Å². The summed E-state index contributed by atoms with van der Waals surface area (Å²) in [6, 6.07) is 20.2. The lowest BCUT2D eigenvalue weighted by molar-refractivity contribution is 0.413. The highest BCUT2D eigenvalue weighted by molar-refractivity contribution is 7.17. The Morgan fingerprint density at radius 3 is 2.70 bits per heavy atom. The van der Waals surface area contributed by atoms with Crippen molar-refractivity contribution in [2.45, 2.75) is 25.4 Å². The minimum Gasteiger partial charge on any atom is -0.355 e. The van der Waals surface area contributed by atoms with E-state index >= 15 is 0 Å². The van der Waals surface area contributed by atoms with Crippen molar-refractivity contribution in [1.82, 2.24) is 10.3 Å². The molecule has 0 atom stereocenters. The van der Waals surface area contributed by atoms with Crippen LogP contribution in [0.25, 0.3) is 20.9 Å². The van der Waals surface area contributed by atoms with E-state index in [4.69, 9.17) is 0 Å². The molecule has 136 valence electrons. The van der Waals surface area contributed by atoms with E-state index in [1.807, 2.05) is 6.20 Å². The number of thiophene rings is 1. The number of hydrogen-bond donors (Lipinski definition) is 1. The van der Waals surface area contributed by atoms with Gasteiger partial charge in [-0.3, -0.25) is 0 Å². The van der Waals surface area contributed by atoms with Gasteiger partial charge in [0.25, 0.3) is 0 Å². The molecule has 1 aliphatic heterocycles. The average Bonchev–Trinajstić information content (AvgIpc) is 3.21. The Morgan fingerprint density at radius 2 is 1.81 bits per heavy atom. The Bertz CT molecular complexity index is 1060. The van der Waals surface area contributed by atoms with Crippen LogP contribution in [0.15, 0.2) is 66.2 Å². The number of nitrogens with zero attached hydrogens (tertiary/aromatic N) is 2. The average molecular weight is 374 g/mol. The molecule has 5 rings (SSSR count). The highest BCUT2D eigenvalue weighted by Crippen LogP contribution is 2.31. The SMILES string of the molecule is c1ccc2cc(CNC3CCN(c4nccc5ccsc45)CC3)ccc2c1. The van der Waals surface area contributed by atoms with Gasteiger partial charge in [0.2, 0.25) is 0 Å². The molecule has 1 fully saturated rings. The van der Waals surface area contributed by atoms with Crippen molar-refractivity contribution < 1.29 is 0 Å². The molecule has 2 aromatic carbocycles. The quantitative estimate of drug-likeness (QED) is 0.532. The van der Waals surface area contributed by atoms with Gasteiger partial charge in [0.1, 0.15) is 5.82 Å². The number of anilines is 1. The topological polar surface area (TPSA) is 28.2 Å². The Morgan fingerprint density at radius 1 is 0.963 bits per heavy atom. The third-order valence-corrected chi connectivity index (χ3v) is 6.48. The molecule has 3 nitrogen and oxygen atoms in total. The maximum absolute atomic E-state index is 4.67. The Kier molecular flexibility index (Phi) is 4.52. The Hall–Kier alpha value is -2.43. The molecule has 0 spiro atoms. The van der Waals surface area contributed by atoms with Crippen LogP contribution in [0, 0.1) is 0 Å². The van der Waals surface area contributed by atoms with E-state index in [1.165, 1.54) is 26.4 Å². The van der Waals surface area contributed by atoms with E-state index in [1.54, 1.807) is 11.3 Å². The minimum absolute atomic E-state index is 0.579. The first-order chi connectivity index (χ1) is 13.4. The second-order valence-corrected chi connectivity index (χ2v) is 8.21. The van der Waals surface area contributed by atoms with Crippen molar-refractivity contribution in [3.8, 4) is 0 Å².